The Morgan fingerprint density at radius 3 is 2.70 bits per heavy atom. The minimum Gasteiger partial charge on any atom is -0.496 e. The molecule has 1 aliphatic heterocycles. The Labute approximate surface area is 171 Å². The largest absolute Gasteiger partial charge is 0.496 e. The highest BCUT2D eigenvalue weighted by Gasteiger charge is 2.22. The third kappa shape index (κ3) is 7.31. The van der Waals surface area contributed by atoms with Crippen molar-refractivity contribution < 1.29 is 14.2 Å². The van der Waals surface area contributed by atoms with Crippen LogP contribution in [0.2, 0.25) is 0 Å². The summed E-state index contributed by atoms with van der Waals surface area (Å²) < 4.78 is 17.5. The third-order valence-electron chi connectivity index (χ3n) is 4.56. The number of hydrogen-bond acceptors (Lipinski definition) is 4. The third-order valence-corrected chi connectivity index (χ3v) is 5.06. The zero-order valence-corrected chi connectivity index (χ0v) is 18.3. The molecule has 27 heavy (non-hydrogen) atoms. The number of guanidine groups is 1. The number of halogens is 1. The average molecular weight is 442 g/mol. The molecule has 1 saturated heterocycles. The van der Waals surface area contributed by atoms with Crippen LogP contribution in [0.15, 0.2) is 27.7 Å². The maximum absolute atomic E-state index is 5.96. The molecule has 7 heteroatoms. The molecule has 0 aliphatic carbocycles. The van der Waals surface area contributed by atoms with Gasteiger partial charge in [0.25, 0.3) is 0 Å². The highest BCUT2D eigenvalue weighted by atomic mass is 79.9. The smallest absolute Gasteiger partial charge is 0.194 e. The molecular formula is C20H32BrN3O3. The predicted octanol–water partition coefficient (Wildman–Crippen LogP) is 3.44. The van der Waals surface area contributed by atoms with E-state index in [0.717, 1.165) is 73.9 Å². The summed E-state index contributed by atoms with van der Waals surface area (Å²) in [5.74, 6) is 1.82. The fourth-order valence-corrected chi connectivity index (χ4v) is 3.55. The summed E-state index contributed by atoms with van der Waals surface area (Å²) in [6.45, 7) is 6.97. The van der Waals surface area contributed by atoms with E-state index in [1.807, 2.05) is 12.1 Å². The van der Waals surface area contributed by atoms with E-state index in [9.17, 15) is 0 Å². The number of likely N-dealkylation sites (tertiary alicyclic amines) is 1. The second-order valence-corrected chi connectivity index (χ2v) is 7.45. The Kier molecular flexibility index (Phi) is 9.94. The molecule has 1 aromatic carbocycles. The number of nitrogens with zero attached hydrogens (tertiary/aromatic N) is 2. The molecule has 1 fully saturated rings. The molecule has 6 nitrogen and oxygen atoms in total. The molecule has 0 saturated carbocycles. The molecule has 0 radical (unpaired) electrons. The number of piperidine rings is 1. The maximum Gasteiger partial charge on any atom is 0.194 e. The summed E-state index contributed by atoms with van der Waals surface area (Å²) in [5.41, 5.74) is 1.07. The summed E-state index contributed by atoms with van der Waals surface area (Å²) in [4.78, 5) is 7.16. The number of aliphatic imine (C=N–C) groups is 1. The van der Waals surface area contributed by atoms with Gasteiger partial charge in [0, 0.05) is 50.0 Å². The van der Waals surface area contributed by atoms with Gasteiger partial charge in [-0.1, -0.05) is 15.9 Å². The molecule has 152 valence electrons. The van der Waals surface area contributed by atoms with Crippen molar-refractivity contribution >= 4 is 21.9 Å². The first-order chi connectivity index (χ1) is 13.2. The molecule has 0 atom stereocenters. The van der Waals surface area contributed by atoms with Gasteiger partial charge in [0.1, 0.15) is 5.75 Å². The Hall–Kier alpha value is -1.31. The lowest BCUT2D eigenvalue weighted by Gasteiger charge is -2.34. The van der Waals surface area contributed by atoms with Crippen molar-refractivity contribution in [2.75, 3.05) is 47.1 Å². The molecule has 1 N–H and O–H groups in total. The number of methoxy groups -OCH3 is 2. The van der Waals surface area contributed by atoms with E-state index in [2.05, 4.69) is 39.1 Å². The van der Waals surface area contributed by atoms with Crippen LogP contribution in [-0.2, 0) is 16.0 Å². The second-order valence-electron chi connectivity index (χ2n) is 6.53. The monoisotopic (exact) mass is 441 g/mol. The summed E-state index contributed by atoms with van der Waals surface area (Å²) in [7, 11) is 3.42. The van der Waals surface area contributed by atoms with Crippen LogP contribution in [0.1, 0.15) is 31.7 Å². The Morgan fingerprint density at radius 1 is 1.26 bits per heavy atom. The standard InChI is InChI=1S/C20H32BrN3O3/c1-4-22-20(23-15-16-14-17(21)6-7-19(16)26-3)24-10-8-18(9-11-24)27-13-5-12-25-2/h6-7,14,18H,4-5,8-13,15H2,1-3H3,(H,22,23). The predicted molar refractivity (Wildman–Crippen MR) is 113 cm³/mol. The molecule has 0 spiro atoms. The van der Waals surface area contributed by atoms with Gasteiger partial charge in [-0.15, -0.1) is 0 Å². The SMILES string of the molecule is CCNC(=NCc1cc(Br)ccc1OC)N1CCC(OCCCOC)CC1. The van der Waals surface area contributed by atoms with Crippen molar-refractivity contribution in [1.29, 1.82) is 0 Å². The minimum absolute atomic E-state index is 0.339. The molecule has 0 aromatic heterocycles. The number of benzene rings is 1. The van der Waals surface area contributed by atoms with Crippen LogP contribution in [0.25, 0.3) is 0 Å². The highest BCUT2D eigenvalue weighted by Crippen LogP contribution is 2.24. The first-order valence-corrected chi connectivity index (χ1v) is 10.4. The normalized spacial score (nSPS) is 15.9. The van der Waals surface area contributed by atoms with Crippen molar-refractivity contribution in [3.63, 3.8) is 0 Å². The van der Waals surface area contributed by atoms with Gasteiger partial charge in [-0.2, -0.15) is 0 Å². The van der Waals surface area contributed by atoms with E-state index in [0.29, 0.717) is 12.6 Å². The van der Waals surface area contributed by atoms with E-state index in [4.69, 9.17) is 19.2 Å². The zero-order chi connectivity index (χ0) is 19.5. The second kappa shape index (κ2) is 12.2. The highest BCUT2D eigenvalue weighted by molar-refractivity contribution is 9.10. The summed E-state index contributed by atoms with van der Waals surface area (Å²) >= 11 is 3.52. The topological polar surface area (TPSA) is 55.3 Å². The van der Waals surface area contributed by atoms with Crippen molar-refractivity contribution in [2.45, 2.75) is 38.8 Å². The summed E-state index contributed by atoms with van der Waals surface area (Å²) in [6, 6.07) is 6.01. The van der Waals surface area contributed by atoms with Crippen LogP contribution < -0.4 is 10.1 Å². The molecule has 1 heterocycles. The molecule has 1 aliphatic rings. The van der Waals surface area contributed by atoms with E-state index >= 15 is 0 Å². The lowest BCUT2D eigenvalue weighted by atomic mass is 10.1. The van der Waals surface area contributed by atoms with Crippen LogP contribution in [-0.4, -0.2) is 64.0 Å². The van der Waals surface area contributed by atoms with Gasteiger partial charge < -0.3 is 24.4 Å². The van der Waals surface area contributed by atoms with Crippen LogP contribution in [0.5, 0.6) is 5.75 Å². The van der Waals surface area contributed by atoms with Gasteiger partial charge in [-0.25, -0.2) is 4.99 Å². The van der Waals surface area contributed by atoms with Crippen LogP contribution in [0, 0.1) is 0 Å². The fraction of sp³-hybridized carbons (Fsp3) is 0.650. The molecule has 0 amide bonds. The van der Waals surface area contributed by atoms with Gasteiger partial charge in [0.15, 0.2) is 5.96 Å². The first kappa shape index (κ1) is 22.0. The average Bonchev–Trinajstić information content (AvgIpc) is 2.69. The Bertz CT molecular complexity index is 590. The lowest BCUT2D eigenvalue weighted by molar-refractivity contribution is 0.00990. The van der Waals surface area contributed by atoms with E-state index in [1.165, 1.54) is 0 Å². The minimum atomic E-state index is 0.339. The van der Waals surface area contributed by atoms with E-state index in [-0.39, 0.29) is 0 Å². The fourth-order valence-electron chi connectivity index (χ4n) is 3.14. The molecular weight excluding hydrogens is 410 g/mol. The molecule has 0 unspecified atom stereocenters. The van der Waals surface area contributed by atoms with Crippen LogP contribution in [0.3, 0.4) is 0 Å². The number of rotatable bonds is 9. The molecule has 1 aromatic rings. The maximum atomic E-state index is 5.96. The quantitative estimate of drug-likeness (QED) is 0.361. The van der Waals surface area contributed by atoms with Gasteiger partial charge in [0.05, 0.1) is 19.8 Å². The van der Waals surface area contributed by atoms with Gasteiger partial charge >= 0.3 is 0 Å². The van der Waals surface area contributed by atoms with Crippen molar-refractivity contribution in [3.8, 4) is 5.75 Å². The number of ether oxygens (including phenoxy) is 3. The van der Waals surface area contributed by atoms with Crippen molar-refractivity contribution in [1.82, 2.24) is 10.2 Å². The van der Waals surface area contributed by atoms with E-state index in [1.54, 1.807) is 14.2 Å². The van der Waals surface area contributed by atoms with Crippen LogP contribution >= 0.6 is 15.9 Å². The summed E-state index contributed by atoms with van der Waals surface area (Å²) in [5, 5.41) is 3.42. The Balaban J connectivity index is 1.92. The molecule has 2 rings (SSSR count). The van der Waals surface area contributed by atoms with Gasteiger partial charge in [-0.05, 0) is 44.4 Å². The number of nitrogens with one attached hydrogen (secondary N) is 1. The molecule has 0 bridgehead atoms. The van der Waals surface area contributed by atoms with Crippen LogP contribution in [0.4, 0.5) is 0 Å². The Morgan fingerprint density at radius 2 is 2.04 bits per heavy atom. The van der Waals surface area contributed by atoms with E-state index < -0.39 is 0 Å². The lowest BCUT2D eigenvalue weighted by Crippen LogP contribution is -2.47. The first-order valence-electron chi connectivity index (χ1n) is 9.64. The zero-order valence-electron chi connectivity index (χ0n) is 16.7. The van der Waals surface area contributed by atoms with Crippen molar-refractivity contribution in [2.24, 2.45) is 4.99 Å². The van der Waals surface area contributed by atoms with Gasteiger partial charge in [-0.3, -0.25) is 0 Å². The van der Waals surface area contributed by atoms with Crippen molar-refractivity contribution in [3.05, 3.63) is 28.2 Å². The van der Waals surface area contributed by atoms with Gasteiger partial charge in [0.2, 0.25) is 0 Å². The number of hydrogen-bond donors (Lipinski definition) is 1. The summed E-state index contributed by atoms with van der Waals surface area (Å²) in [6.07, 6.45) is 3.34.